The fourth-order valence-corrected chi connectivity index (χ4v) is 3.13. The Bertz CT molecular complexity index is 478. The molecular weight excluding hydrogens is 266 g/mol. The number of benzene rings is 1. The van der Waals surface area contributed by atoms with E-state index in [0.29, 0.717) is 0 Å². The van der Waals surface area contributed by atoms with E-state index in [-0.39, 0.29) is 6.04 Å². The topological polar surface area (TPSA) is 39.4 Å². The molecule has 1 unspecified atom stereocenters. The molecule has 94 valence electrons. The molecule has 0 radical (unpaired) electrons. The molecule has 0 aliphatic carbocycles. The van der Waals surface area contributed by atoms with Crippen molar-refractivity contribution in [1.82, 2.24) is 4.90 Å². The number of rotatable bonds is 2. The van der Waals surface area contributed by atoms with Crippen LogP contribution in [0.4, 0.5) is 0 Å². The Morgan fingerprint density at radius 2 is 2.17 bits per heavy atom. The Morgan fingerprint density at radius 1 is 1.44 bits per heavy atom. The van der Waals surface area contributed by atoms with Gasteiger partial charge in [-0.2, -0.15) is 10.3 Å². The van der Waals surface area contributed by atoms with Gasteiger partial charge in [0.05, 0.1) is 11.9 Å². The molecule has 3 nitrogen and oxygen atoms in total. The summed E-state index contributed by atoms with van der Waals surface area (Å²) >= 11 is 7.76. The normalized spacial score (nSPS) is 19.6. The number of hydrogen-bond acceptors (Lipinski definition) is 3. The predicted octanol–water partition coefficient (Wildman–Crippen LogP) is 3.68. The SMILES string of the molecule is CC(c1ccc(Cl)cc1)N1CSCCC1=NC#N. The molecule has 0 bridgehead atoms. The van der Waals surface area contributed by atoms with Crippen LogP contribution < -0.4 is 0 Å². The quantitative estimate of drug-likeness (QED) is 0.775. The molecule has 0 N–H and O–H groups in total. The lowest BCUT2D eigenvalue weighted by Gasteiger charge is -2.34. The van der Waals surface area contributed by atoms with E-state index < -0.39 is 0 Å². The highest BCUT2D eigenvalue weighted by Crippen LogP contribution is 2.28. The second-order valence-electron chi connectivity index (χ2n) is 4.11. The largest absolute Gasteiger partial charge is 0.343 e. The summed E-state index contributed by atoms with van der Waals surface area (Å²) in [6.07, 6.45) is 2.76. The second-order valence-corrected chi connectivity index (χ2v) is 5.62. The van der Waals surface area contributed by atoms with Crippen molar-refractivity contribution in [3.8, 4) is 6.19 Å². The standard InChI is InChI=1S/C13H14ClN3S/c1-10(11-2-4-12(14)5-3-11)17-9-18-7-6-13(17)16-8-15/h2-5,10H,6-7,9H2,1H3. The highest BCUT2D eigenvalue weighted by molar-refractivity contribution is 7.99. The van der Waals surface area contributed by atoms with Crippen LogP contribution in [-0.2, 0) is 0 Å². The van der Waals surface area contributed by atoms with Crippen molar-refractivity contribution in [3.63, 3.8) is 0 Å². The fourth-order valence-electron chi connectivity index (χ4n) is 1.98. The highest BCUT2D eigenvalue weighted by atomic mass is 35.5. The molecule has 2 rings (SSSR count). The molecule has 1 aliphatic rings. The fraction of sp³-hybridized carbons (Fsp3) is 0.385. The van der Waals surface area contributed by atoms with E-state index in [1.54, 1.807) is 0 Å². The maximum Gasteiger partial charge on any atom is 0.207 e. The van der Waals surface area contributed by atoms with Gasteiger partial charge in [0.15, 0.2) is 0 Å². The third-order valence-electron chi connectivity index (χ3n) is 3.03. The molecule has 5 heteroatoms. The van der Waals surface area contributed by atoms with Gasteiger partial charge in [-0.25, -0.2) is 0 Å². The maximum absolute atomic E-state index is 8.74. The Kier molecular flexibility index (Phi) is 4.51. The van der Waals surface area contributed by atoms with Crippen LogP contribution in [0.3, 0.4) is 0 Å². The van der Waals surface area contributed by atoms with E-state index in [1.165, 1.54) is 5.56 Å². The minimum Gasteiger partial charge on any atom is -0.343 e. The smallest absolute Gasteiger partial charge is 0.207 e. The van der Waals surface area contributed by atoms with Crippen molar-refractivity contribution in [2.75, 3.05) is 11.6 Å². The zero-order valence-corrected chi connectivity index (χ0v) is 11.7. The maximum atomic E-state index is 8.74. The minimum absolute atomic E-state index is 0.210. The van der Waals surface area contributed by atoms with Gasteiger partial charge in [0, 0.05) is 17.2 Å². The second kappa shape index (κ2) is 6.12. The summed E-state index contributed by atoms with van der Waals surface area (Å²) in [4.78, 5) is 6.12. The van der Waals surface area contributed by atoms with Crippen molar-refractivity contribution < 1.29 is 0 Å². The first-order valence-corrected chi connectivity index (χ1v) is 7.31. The number of aliphatic imine (C=N–C) groups is 1. The van der Waals surface area contributed by atoms with Gasteiger partial charge >= 0.3 is 0 Å². The molecule has 0 amide bonds. The average molecular weight is 280 g/mol. The molecular formula is C13H14ClN3S. The van der Waals surface area contributed by atoms with E-state index >= 15 is 0 Å². The van der Waals surface area contributed by atoms with E-state index in [0.717, 1.165) is 28.9 Å². The van der Waals surface area contributed by atoms with E-state index in [4.69, 9.17) is 16.9 Å². The summed E-state index contributed by atoms with van der Waals surface area (Å²) in [6.45, 7) is 2.13. The third kappa shape index (κ3) is 2.98. The van der Waals surface area contributed by atoms with Gasteiger partial charge in [-0.15, -0.1) is 11.8 Å². The first kappa shape index (κ1) is 13.3. The van der Waals surface area contributed by atoms with Crippen LogP contribution in [0.2, 0.25) is 5.02 Å². The minimum atomic E-state index is 0.210. The molecule has 1 fully saturated rings. The van der Waals surface area contributed by atoms with Gasteiger partial charge < -0.3 is 4.90 Å². The molecule has 1 aromatic carbocycles. The van der Waals surface area contributed by atoms with Gasteiger partial charge in [-0.1, -0.05) is 23.7 Å². The predicted molar refractivity (Wildman–Crippen MR) is 76.7 cm³/mol. The number of amidine groups is 1. The van der Waals surface area contributed by atoms with Crippen LogP contribution in [0, 0.1) is 11.5 Å². The lowest BCUT2D eigenvalue weighted by Crippen LogP contribution is -2.36. The molecule has 0 spiro atoms. The number of nitrogens with zero attached hydrogens (tertiary/aromatic N) is 3. The Labute approximate surface area is 116 Å². The van der Waals surface area contributed by atoms with E-state index in [9.17, 15) is 0 Å². The van der Waals surface area contributed by atoms with Crippen LogP contribution in [0.25, 0.3) is 0 Å². The van der Waals surface area contributed by atoms with Crippen LogP contribution >= 0.6 is 23.4 Å². The van der Waals surface area contributed by atoms with Gasteiger partial charge in [0.25, 0.3) is 0 Å². The number of nitriles is 1. The molecule has 1 atom stereocenters. The van der Waals surface area contributed by atoms with E-state index in [1.807, 2.05) is 42.2 Å². The van der Waals surface area contributed by atoms with E-state index in [2.05, 4.69) is 16.8 Å². The van der Waals surface area contributed by atoms with Crippen molar-refractivity contribution >= 4 is 29.2 Å². The van der Waals surface area contributed by atoms with Gasteiger partial charge in [-0.3, -0.25) is 0 Å². The van der Waals surface area contributed by atoms with Gasteiger partial charge in [0.2, 0.25) is 6.19 Å². The van der Waals surface area contributed by atoms with Crippen LogP contribution in [0.1, 0.15) is 24.9 Å². The Morgan fingerprint density at radius 3 is 2.83 bits per heavy atom. The van der Waals surface area contributed by atoms with Crippen molar-refractivity contribution in [1.29, 1.82) is 5.26 Å². The lowest BCUT2D eigenvalue weighted by atomic mass is 10.1. The molecule has 1 saturated heterocycles. The molecule has 0 aromatic heterocycles. The summed E-state index contributed by atoms with van der Waals surface area (Å²) in [5.41, 5.74) is 1.19. The summed E-state index contributed by atoms with van der Waals surface area (Å²) in [5, 5.41) is 9.48. The molecule has 1 aliphatic heterocycles. The Hall–Kier alpha value is -1.18. The summed E-state index contributed by atoms with van der Waals surface area (Å²) in [7, 11) is 0. The van der Waals surface area contributed by atoms with Crippen LogP contribution in [0.5, 0.6) is 0 Å². The molecule has 1 aromatic rings. The average Bonchev–Trinajstić information content (AvgIpc) is 2.40. The van der Waals surface area contributed by atoms with Crippen LogP contribution in [-0.4, -0.2) is 22.4 Å². The first-order chi connectivity index (χ1) is 8.72. The summed E-state index contributed by atoms with van der Waals surface area (Å²) in [6, 6.07) is 8.05. The summed E-state index contributed by atoms with van der Waals surface area (Å²) in [5.74, 6) is 2.80. The zero-order valence-electron chi connectivity index (χ0n) is 10.1. The van der Waals surface area contributed by atoms with Crippen molar-refractivity contribution in [2.24, 2.45) is 4.99 Å². The molecule has 18 heavy (non-hydrogen) atoms. The monoisotopic (exact) mass is 279 g/mol. The van der Waals surface area contributed by atoms with Crippen molar-refractivity contribution in [2.45, 2.75) is 19.4 Å². The van der Waals surface area contributed by atoms with Crippen molar-refractivity contribution in [3.05, 3.63) is 34.9 Å². The zero-order chi connectivity index (χ0) is 13.0. The molecule has 1 heterocycles. The number of halogens is 1. The van der Waals surface area contributed by atoms with Gasteiger partial charge in [-0.05, 0) is 24.6 Å². The highest BCUT2D eigenvalue weighted by Gasteiger charge is 2.23. The molecule has 0 saturated carbocycles. The Balaban J connectivity index is 2.21. The third-order valence-corrected chi connectivity index (χ3v) is 4.24. The lowest BCUT2D eigenvalue weighted by molar-refractivity contribution is 0.378. The first-order valence-electron chi connectivity index (χ1n) is 5.78. The number of thioether (sulfide) groups is 1. The van der Waals surface area contributed by atoms with Gasteiger partial charge in [0.1, 0.15) is 5.84 Å². The number of hydrogen-bond donors (Lipinski definition) is 0. The summed E-state index contributed by atoms with van der Waals surface area (Å²) < 4.78 is 0. The van der Waals surface area contributed by atoms with Crippen LogP contribution in [0.15, 0.2) is 29.3 Å².